The van der Waals surface area contributed by atoms with Gasteiger partial charge in [0.05, 0.1) is 25.4 Å². The highest BCUT2D eigenvalue weighted by Crippen LogP contribution is 2.26. The van der Waals surface area contributed by atoms with Gasteiger partial charge in [0.25, 0.3) is 0 Å². The molecule has 1 aliphatic heterocycles. The Morgan fingerprint density at radius 2 is 0.889 bits per heavy atom. The molecule has 1 saturated heterocycles. The molecule has 0 aromatic carbocycles. The Morgan fingerprint density at radius 1 is 0.542 bits per heavy atom. The van der Waals surface area contributed by atoms with Crippen LogP contribution in [0.15, 0.2) is 24.3 Å². The van der Waals surface area contributed by atoms with Gasteiger partial charge in [0.2, 0.25) is 5.91 Å². The zero-order valence-corrected chi connectivity index (χ0v) is 47.1. The van der Waals surface area contributed by atoms with Crippen LogP contribution in [0.25, 0.3) is 0 Å². The Balaban J connectivity index is 2.29. The number of hydrogen-bond donors (Lipinski definition) is 6. The summed E-state index contributed by atoms with van der Waals surface area (Å²) in [6, 6.07) is -0.943. The maximum absolute atomic E-state index is 13.1. The van der Waals surface area contributed by atoms with Crippen LogP contribution in [-0.4, -0.2) is 95.4 Å². The minimum absolute atomic E-state index is 0.258. The predicted molar refractivity (Wildman–Crippen MR) is 296 cm³/mol. The van der Waals surface area contributed by atoms with E-state index in [0.29, 0.717) is 6.42 Å². The van der Waals surface area contributed by atoms with Gasteiger partial charge in [-0.1, -0.05) is 263 Å². The van der Waals surface area contributed by atoms with Gasteiger partial charge in [0, 0.05) is 6.42 Å². The molecule has 426 valence electrons. The number of aliphatic hydroxyl groups is 4. The third kappa shape index (κ3) is 40.8. The molecule has 6 N–H and O–H groups in total. The molecule has 0 bridgehead atoms. The highest BCUT2D eigenvalue weighted by molar-refractivity contribution is 7.80. The van der Waals surface area contributed by atoms with E-state index >= 15 is 0 Å². The summed E-state index contributed by atoms with van der Waals surface area (Å²) in [6.45, 7) is 3.43. The molecule has 13 heteroatoms. The molecule has 0 aromatic rings. The fourth-order valence-electron chi connectivity index (χ4n) is 9.81. The standard InChI is InChI=1S/C59H113NO11S/c1-3-5-7-9-11-13-15-17-19-21-22-23-24-25-26-27-28-29-30-31-32-33-35-37-39-41-43-45-47-49-55(63)60-52(51-69-59-57(65)58(71-72(66,67)68)56(64)54(50-61)70-59)53(62)48-46-44-42-40-38-36-34-20-18-16-14-12-10-8-6-4-2/h25-26,46,48,52-54,56-59,61-62,64-65H,3-24,27-45,47,49-51H2,1-2H3,(H,60,63)(H,66,67,68)/b26-25-,48-46+. The highest BCUT2D eigenvalue weighted by Gasteiger charge is 2.48. The number of aliphatic hydroxyl groups excluding tert-OH is 4. The number of rotatable bonds is 53. The van der Waals surface area contributed by atoms with Gasteiger partial charge >= 0.3 is 10.4 Å². The minimum Gasteiger partial charge on any atom is -0.394 e. The Labute approximate surface area is 442 Å². The van der Waals surface area contributed by atoms with E-state index in [9.17, 15) is 38.2 Å². The first kappa shape index (κ1) is 68.6. The average Bonchev–Trinajstić information content (AvgIpc) is 3.36. The molecule has 0 spiro atoms. The second-order valence-electron chi connectivity index (χ2n) is 21.3. The van der Waals surface area contributed by atoms with Crippen molar-refractivity contribution in [3.8, 4) is 0 Å². The quantitative estimate of drug-likeness (QED) is 0.0193. The van der Waals surface area contributed by atoms with Crippen molar-refractivity contribution in [3.63, 3.8) is 0 Å². The van der Waals surface area contributed by atoms with E-state index in [4.69, 9.17) is 9.47 Å². The molecule has 1 aliphatic rings. The number of allylic oxidation sites excluding steroid dienone is 3. The van der Waals surface area contributed by atoms with Gasteiger partial charge in [-0.3, -0.25) is 9.35 Å². The van der Waals surface area contributed by atoms with Gasteiger partial charge in [0.15, 0.2) is 6.29 Å². The molecular formula is C59H113NO11S. The summed E-state index contributed by atoms with van der Waals surface area (Å²) < 4.78 is 47.8. The Morgan fingerprint density at radius 3 is 1.25 bits per heavy atom. The zero-order valence-electron chi connectivity index (χ0n) is 46.3. The zero-order chi connectivity index (χ0) is 52.6. The van der Waals surface area contributed by atoms with Crippen molar-refractivity contribution in [1.82, 2.24) is 5.32 Å². The first-order valence-corrected chi connectivity index (χ1v) is 31.6. The molecular weight excluding hydrogens is 931 g/mol. The monoisotopic (exact) mass is 1040 g/mol. The summed E-state index contributed by atoms with van der Waals surface area (Å²) in [6.07, 6.45) is 52.3. The maximum atomic E-state index is 13.1. The van der Waals surface area contributed by atoms with Gasteiger partial charge < -0.3 is 35.2 Å². The Bertz CT molecular complexity index is 1370. The summed E-state index contributed by atoms with van der Waals surface area (Å²) in [7, 11) is -5.09. The van der Waals surface area contributed by atoms with Gasteiger partial charge in [-0.25, -0.2) is 4.18 Å². The molecule has 0 saturated carbocycles. The van der Waals surface area contributed by atoms with E-state index in [0.717, 1.165) is 38.5 Å². The van der Waals surface area contributed by atoms with Crippen molar-refractivity contribution in [2.75, 3.05) is 13.2 Å². The third-order valence-electron chi connectivity index (χ3n) is 14.5. The molecule has 1 fully saturated rings. The third-order valence-corrected chi connectivity index (χ3v) is 14.9. The van der Waals surface area contributed by atoms with E-state index in [-0.39, 0.29) is 18.9 Å². The molecule has 0 radical (unpaired) electrons. The lowest BCUT2D eigenvalue weighted by Crippen LogP contribution is -2.61. The van der Waals surface area contributed by atoms with Crippen molar-refractivity contribution in [2.45, 2.75) is 333 Å². The lowest BCUT2D eigenvalue weighted by Gasteiger charge is -2.41. The molecule has 0 aromatic heterocycles. The molecule has 1 rings (SSSR count). The molecule has 7 unspecified atom stereocenters. The van der Waals surface area contributed by atoms with Crippen LogP contribution in [0.4, 0.5) is 0 Å². The average molecular weight is 1040 g/mol. The van der Waals surface area contributed by atoms with Crippen LogP contribution in [-0.2, 0) is 28.9 Å². The Hall–Kier alpha value is -1.42. The van der Waals surface area contributed by atoms with Crippen LogP contribution < -0.4 is 5.32 Å². The summed E-state index contributed by atoms with van der Waals surface area (Å²) in [5, 5.41) is 45.0. The SMILES string of the molecule is CCCCCCCCCCCCCC/C=C\CCCCCCCCCCCCCCCC(=O)NC(COC1OC(CO)C(O)C(OS(=O)(=O)O)C1O)C(O)/C=C/CCCCCCCCCCCCCCCC. The molecule has 1 amide bonds. The second kappa shape index (κ2) is 49.2. The number of hydrogen-bond acceptors (Lipinski definition) is 10. The molecule has 1 heterocycles. The molecule has 7 atom stereocenters. The van der Waals surface area contributed by atoms with Crippen LogP contribution in [0.3, 0.4) is 0 Å². The number of ether oxygens (including phenoxy) is 2. The number of carbonyl (C=O) groups is 1. The van der Waals surface area contributed by atoms with Crippen molar-refractivity contribution >= 4 is 16.3 Å². The van der Waals surface area contributed by atoms with Crippen LogP contribution in [0.1, 0.15) is 290 Å². The first-order chi connectivity index (χ1) is 35.0. The fourth-order valence-corrected chi connectivity index (χ4v) is 10.3. The van der Waals surface area contributed by atoms with Crippen LogP contribution in [0.2, 0.25) is 0 Å². The van der Waals surface area contributed by atoms with Gasteiger partial charge in [-0.05, 0) is 44.9 Å². The highest BCUT2D eigenvalue weighted by atomic mass is 32.3. The molecule has 12 nitrogen and oxygen atoms in total. The fraction of sp³-hybridized carbons (Fsp3) is 0.915. The van der Waals surface area contributed by atoms with Crippen molar-refractivity contribution in [1.29, 1.82) is 0 Å². The lowest BCUT2D eigenvalue weighted by molar-refractivity contribution is -0.298. The number of carbonyl (C=O) groups excluding carboxylic acids is 1. The van der Waals surface area contributed by atoms with Crippen LogP contribution >= 0.6 is 0 Å². The summed E-state index contributed by atoms with van der Waals surface area (Å²) in [5.74, 6) is -0.258. The Kier molecular flexibility index (Phi) is 46.8. The van der Waals surface area contributed by atoms with E-state index in [1.165, 1.54) is 225 Å². The first-order valence-electron chi connectivity index (χ1n) is 30.2. The predicted octanol–water partition coefficient (Wildman–Crippen LogP) is 14.4. The summed E-state index contributed by atoms with van der Waals surface area (Å²) in [4.78, 5) is 13.1. The van der Waals surface area contributed by atoms with Crippen molar-refractivity contribution < 1.29 is 51.8 Å². The minimum atomic E-state index is -5.09. The summed E-state index contributed by atoms with van der Waals surface area (Å²) >= 11 is 0. The number of unbranched alkanes of at least 4 members (excludes halogenated alkanes) is 39. The normalized spacial score (nSPS) is 19.5. The van der Waals surface area contributed by atoms with Gasteiger partial charge in [-0.2, -0.15) is 8.42 Å². The van der Waals surface area contributed by atoms with Gasteiger partial charge in [-0.15, -0.1) is 0 Å². The van der Waals surface area contributed by atoms with E-state index in [2.05, 4.69) is 35.5 Å². The second-order valence-corrected chi connectivity index (χ2v) is 22.3. The smallest absolute Gasteiger partial charge is 0.394 e. The van der Waals surface area contributed by atoms with E-state index in [1.54, 1.807) is 6.08 Å². The van der Waals surface area contributed by atoms with Crippen LogP contribution in [0.5, 0.6) is 0 Å². The maximum Gasteiger partial charge on any atom is 0.397 e. The molecule has 72 heavy (non-hydrogen) atoms. The summed E-state index contributed by atoms with van der Waals surface area (Å²) in [5.41, 5.74) is 0. The van der Waals surface area contributed by atoms with Crippen molar-refractivity contribution in [2.24, 2.45) is 0 Å². The topological polar surface area (TPSA) is 192 Å². The molecule has 0 aliphatic carbocycles. The largest absolute Gasteiger partial charge is 0.397 e. The number of amides is 1. The van der Waals surface area contributed by atoms with E-state index < -0.39 is 59.9 Å². The van der Waals surface area contributed by atoms with Gasteiger partial charge in [0.1, 0.15) is 24.4 Å². The lowest BCUT2D eigenvalue weighted by atomic mass is 9.99. The van der Waals surface area contributed by atoms with E-state index in [1.807, 2.05) is 6.08 Å². The van der Waals surface area contributed by atoms with Crippen LogP contribution in [0, 0.1) is 0 Å². The number of nitrogens with one attached hydrogen (secondary N) is 1. The van der Waals surface area contributed by atoms with Crippen molar-refractivity contribution in [3.05, 3.63) is 24.3 Å².